The van der Waals surface area contributed by atoms with E-state index in [2.05, 4.69) is 33.0 Å². The van der Waals surface area contributed by atoms with Gasteiger partial charge in [-0.05, 0) is 23.5 Å². The molecular weight excluding hydrogens is 184 g/mol. The van der Waals surface area contributed by atoms with Crippen LogP contribution in [-0.4, -0.2) is 6.54 Å². The summed E-state index contributed by atoms with van der Waals surface area (Å²) in [4.78, 5) is 0. The lowest BCUT2D eigenvalue weighted by Gasteiger charge is -2.30. The van der Waals surface area contributed by atoms with E-state index in [4.69, 9.17) is 5.73 Å². The normalized spacial score (nSPS) is 11.8. The second-order valence-electron chi connectivity index (χ2n) is 5.08. The van der Waals surface area contributed by atoms with Crippen LogP contribution in [0, 0.1) is 11.3 Å². The van der Waals surface area contributed by atoms with Gasteiger partial charge in [-0.15, -0.1) is 0 Å². The van der Waals surface area contributed by atoms with Crippen molar-refractivity contribution < 1.29 is 0 Å². The van der Waals surface area contributed by atoms with Crippen molar-refractivity contribution >= 4 is 11.4 Å². The van der Waals surface area contributed by atoms with E-state index in [0.717, 1.165) is 17.9 Å². The number of benzene rings is 1. The minimum atomic E-state index is 0.280. The van der Waals surface area contributed by atoms with Gasteiger partial charge in [-0.25, -0.2) is 0 Å². The first kappa shape index (κ1) is 11.9. The third-order valence-corrected chi connectivity index (χ3v) is 3.26. The molecular formula is C13H22N2. The minimum Gasteiger partial charge on any atom is -0.397 e. The Balaban J connectivity index is 2.62. The van der Waals surface area contributed by atoms with Crippen LogP contribution in [0.3, 0.4) is 0 Å². The monoisotopic (exact) mass is 206 g/mol. The van der Waals surface area contributed by atoms with Gasteiger partial charge in [0.25, 0.3) is 0 Å². The summed E-state index contributed by atoms with van der Waals surface area (Å²) in [5.74, 6) is 0.648. The Bertz CT molecular complexity index is 316. The zero-order valence-corrected chi connectivity index (χ0v) is 10.2. The van der Waals surface area contributed by atoms with E-state index in [1.54, 1.807) is 0 Å². The Hall–Kier alpha value is -1.18. The molecule has 0 fully saturated rings. The molecule has 1 aromatic rings. The molecule has 1 aromatic carbocycles. The molecule has 0 aliphatic heterocycles. The highest BCUT2D eigenvalue weighted by Crippen LogP contribution is 2.27. The van der Waals surface area contributed by atoms with E-state index < -0.39 is 0 Å². The van der Waals surface area contributed by atoms with Crippen LogP contribution in [0.25, 0.3) is 0 Å². The highest BCUT2D eigenvalue weighted by Gasteiger charge is 2.21. The molecule has 2 nitrogen and oxygen atoms in total. The van der Waals surface area contributed by atoms with E-state index in [1.807, 2.05) is 24.3 Å². The van der Waals surface area contributed by atoms with Gasteiger partial charge in [-0.2, -0.15) is 0 Å². The fourth-order valence-electron chi connectivity index (χ4n) is 1.19. The van der Waals surface area contributed by atoms with E-state index in [0.29, 0.717) is 5.92 Å². The highest BCUT2D eigenvalue weighted by atomic mass is 14.9. The van der Waals surface area contributed by atoms with Crippen LogP contribution in [0.4, 0.5) is 11.4 Å². The van der Waals surface area contributed by atoms with E-state index in [9.17, 15) is 0 Å². The molecule has 0 saturated heterocycles. The van der Waals surface area contributed by atoms with Gasteiger partial charge in [0, 0.05) is 6.54 Å². The molecule has 0 aromatic heterocycles. The SMILES string of the molecule is CC(C)C(C)(C)CNc1ccccc1N. The lowest BCUT2D eigenvalue weighted by atomic mass is 9.81. The summed E-state index contributed by atoms with van der Waals surface area (Å²) in [6.07, 6.45) is 0. The lowest BCUT2D eigenvalue weighted by molar-refractivity contribution is 0.270. The fourth-order valence-corrected chi connectivity index (χ4v) is 1.19. The van der Waals surface area contributed by atoms with Gasteiger partial charge in [0.05, 0.1) is 11.4 Å². The van der Waals surface area contributed by atoms with Gasteiger partial charge in [-0.1, -0.05) is 39.8 Å². The first-order valence-corrected chi connectivity index (χ1v) is 5.52. The van der Waals surface area contributed by atoms with Gasteiger partial charge >= 0.3 is 0 Å². The number of rotatable bonds is 4. The Morgan fingerprint density at radius 3 is 2.40 bits per heavy atom. The molecule has 0 bridgehead atoms. The molecule has 0 unspecified atom stereocenters. The van der Waals surface area contributed by atoms with Crippen LogP contribution in [0.5, 0.6) is 0 Å². The number of para-hydroxylation sites is 2. The first-order valence-electron chi connectivity index (χ1n) is 5.52. The van der Waals surface area contributed by atoms with Crippen LogP contribution < -0.4 is 11.1 Å². The number of anilines is 2. The van der Waals surface area contributed by atoms with Gasteiger partial charge in [0.2, 0.25) is 0 Å². The average Bonchev–Trinajstić information content (AvgIpc) is 2.16. The molecule has 0 aliphatic carbocycles. The third kappa shape index (κ3) is 3.15. The maximum Gasteiger partial charge on any atom is 0.0574 e. The molecule has 0 radical (unpaired) electrons. The maximum atomic E-state index is 5.86. The number of hydrogen-bond acceptors (Lipinski definition) is 2. The fraction of sp³-hybridized carbons (Fsp3) is 0.538. The standard InChI is InChI=1S/C13H22N2/c1-10(2)13(3,4)9-15-12-8-6-5-7-11(12)14/h5-8,10,15H,9,14H2,1-4H3. The summed E-state index contributed by atoms with van der Waals surface area (Å²) in [5.41, 5.74) is 7.99. The van der Waals surface area contributed by atoms with Crippen molar-refractivity contribution in [1.29, 1.82) is 0 Å². The first-order chi connectivity index (χ1) is 6.93. The topological polar surface area (TPSA) is 38.0 Å². The summed E-state index contributed by atoms with van der Waals surface area (Å²) < 4.78 is 0. The molecule has 0 spiro atoms. The van der Waals surface area contributed by atoms with E-state index >= 15 is 0 Å². The van der Waals surface area contributed by atoms with Gasteiger partial charge in [0.15, 0.2) is 0 Å². The molecule has 0 amide bonds. The molecule has 15 heavy (non-hydrogen) atoms. The number of hydrogen-bond donors (Lipinski definition) is 2. The van der Waals surface area contributed by atoms with Crippen molar-refractivity contribution in [3.63, 3.8) is 0 Å². The predicted molar refractivity (Wildman–Crippen MR) is 68.0 cm³/mol. The molecule has 0 atom stereocenters. The van der Waals surface area contributed by atoms with Crippen molar-refractivity contribution in [3.8, 4) is 0 Å². The number of nitrogen functional groups attached to an aromatic ring is 1. The Kier molecular flexibility index (Phi) is 3.61. The van der Waals surface area contributed by atoms with Crippen molar-refractivity contribution in [1.82, 2.24) is 0 Å². The summed E-state index contributed by atoms with van der Waals surface area (Å²) in [5, 5.41) is 3.41. The molecule has 84 valence electrons. The Labute approximate surface area is 92.9 Å². The summed E-state index contributed by atoms with van der Waals surface area (Å²) >= 11 is 0. The lowest BCUT2D eigenvalue weighted by Crippen LogP contribution is -2.28. The predicted octanol–water partition coefficient (Wildman–Crippen LogP) is 3.36. The van der Waals surface area contributed by atoms with Crippen LogP contribution in [0.2, 0.25) is 0 Å². The van der Waals surface area contributed by atoms with Crippen molar-refractivity contribution in [3.05, 3.63) is 24.3 Å². The number of nitrogens with two attached hydrogens (primary N) is 1. The Morgan fingerprint density at radius 1 is 1.27 bits per heavy atom. The third-order valence-electron chi connectivity index (χ3n) is 3.26. The largest absolute Gasteiger partial charge is 0.397 e. The molecule has 0 heterocycles. The summed E-state index contributed by atoms with van der Waals surface area (Å²) in [6.45, 7) is 9.97. The second kappa shape index (κ2) is 4.56. The maximum absolute atomic E-state index is 5.86. The molecule has 2 heteroatoms. The van der Waals surface area contributed by atoms with Gasteiger partial charge < -0.3 is 11.1 Å². The van der Waals surface area contributed by atoms with Crippen LogP contribution in [0.15, 0.2) is 24.3 Å². The zero-order chi connectivity index (χ0) is 11.5. The van der Waals surface area contributed by atoms with Gasteiger partial charge in [-0.3, -0.25) is 0 Å². The minimum absolute atomic E-state index is 0.280. The summed E-state index contributed by atoms with van der Waals surface area (Å²) in [6, 6.07) is 7.89. The average molecular weight is 206 g/mol. The van der Waals surface area contributed by atoms with Crippen molar-refractivity contribution in [2.45, 2.75) is 27.7 Å². The van der Waals surface area contributed by atoms with E-state index in [-0.39, 0.29) is 5.41 Å². The smallest absolute Gasteiger partial charge is 0.0574 e. The van der Waals surface area contributed by atoms with Crippen LogP contribution >= 0.6 is 0 Å². The second-order valence-corrected chi connectivity index (χ2v) is 5.08. The molecule has 1 rings (SSSR count). The van der Waals surface area contributed by atoms with Crippen molar-refractivity contribution in [2.75, 3.05) is 17.6 Å². The molecule has 3 N–H and O–H groups in total. The Morgan fingerprint density at radius 2 is 1.87 bits per heavy atom. The molecule has 0 saturated carbocycles. The van der Waals surface area contributed by atoms with Crippen LogP contribution in [-0.2, 0) is 0 Å². The van der Waals surface area contributed by atoms with E-state index in [1.165, 1.54) is 0 Å². The van der Waals surface area contributed by atoms with Crippen LogP contribution in [0.1, 0.15) is 27.7 Å². The van der Waals surface area contributed by atoms with Crippen molar-refractivity contribution in [2.24, 2.45) is 11.3 Å². The highest BCUT2D eigenvalue weighted by molar-refractivity contribution is 5.65. The van der Waals surface area contributed by atoms with Gasteiger partial charge in [0.1, 0.15) is 0 Å². The quantitative estimate of drug-likeness (QED) is 0.741. The zero-order valence-electron chi connectivity index (χ0n) is 10.2. The number of nitrogens with one attached hydrogen (secondary N) is 1. The molecule has 0 aliphatic rings. The summed E-state index contributed by atoms with van der Waals surface area (Å²) in [7, 11) is 0.